The number of ketones is 1. The molecule has 1 aromatic carbocycles. The van der Waals surface area contributed by atoms with Crippen molar-refractivity contribution in [2.75, 3.05) is 23.7 Å². The van der Waals surface area contributed by atoms with Crippen LogP contribution in [-0.2, 0) is 21.1 Å². The lowest BCUT2D eigenvalue weighted by molar-refractivity contribution is -0.118. The van der Waals surface area contributed by atoms with Gasteiger partial charge in [0.15, 0.2) is 9.84 Å². The quantitative estimate of drug-likeness (QED) is 0.466. The fraction of sp³-hybridized carbons (Fsp3) is 0.591. The predicted octanol–water partition coefficient (Wildman–Crippen LogP) is 4.26. The van der Waals surface area contributed by atoms with Crippen LogP contribution < -0.4 is 4.90 Å². The second-order valence-electron chi connectivity index (χ2n) is 8.44. The zero-order valence-electron chi connectivity index (χ0n) is 17.1. The van der Waals surface area contributed by atoms with E-state index in [1.54, 1.807) is 20.8 Å². The summed E-state index contributed by atoms with van der Waals surface area (Å²) in [4.78, 5) is 14.6. The van der Waals surface area contributed by atoms with Gasteiger partial charge in [0.05, 0.1) is 10.5 Å². The lowest BCUT2D eigenvalue weighted by atomic mass is 9.99. The van der Waals surface area contributed by atoms with Crippen molar-refractivity contribution >= 4 is 21.3 Å². The molecule has 0 fully saturated rings. The van der Waals surface area contributed by atoms with Crippen molar-refractivity contribution in [1.29, 1.82) is 0 Å². The number of anilines is 1. The highest BCUT2D eigenvalue weighted by molar-refractivity contribution is 7.92. The second kappa shape index (κ2) is 9.05. The standard InChI is InChI=1S/C22H33NO3S/c1-18-16-20(23-13-7-8-14-23)12-11-19(18)17-21(24)10-6-5-9-15-27(25,26)22(2,3)4/h7-8,11-12,16H,5-6,9-10,13-15,17H2,1-4H3. The average molecular weight is 392 g/mol. The summed E-state index contributed by atoms with van der Waals surface area (Å²) in [5.74, 6) is 0.434. The van der Waals surface area contributed by atoms with Gasteiger partial charge >= 0.3 is 0 Å². The number of hydrogen-bond donors (Lipinski definition) is 0. The Bertz CT molecular complexity index is 780. The van der Waals surface area contributed by atoms with Crippen molar-refractivity contribution in [3.05, 3.63) is 41.5 Å². The van der Waals surface area contributed by atoms with Crippen LogP contribution in [0.3, 0.4) is 0 Å². The normalized spacial score (nSPS) is 14.7. The van der Waals surface area contributed by atoms with Crippen LogP contribution in [-0.4, -0.2) is 37.8 Å². The number of hydrogen-bond acceptors (Lipinski definition) is 4. The maximum atomic E-state index is 12.3. The van der Waals surface area contributed by atoms with Gasteiger partial charge in [-0.3, -0.25) is 4.79 Å². The maximum Gasteiger partial charge on any atom is 0.155 e. The van der Waals surface area contributed by atoms with Crippen LogP contribution in [0.2, 0.25) is 0 Å². The Balaban J connectivity index is 1.74. The minimum absolute atomic E-state index is 0.205. The Morgan fingerprint density at radius 1 is 1.07 bits per heavy atom. The first-order valence-corrected chi connectivity index (χ1v) is 11.5. The van der Waals surface area contributed by atoms with Gasteiger partial charge in [-0.05, 0) is 63.8 Å². The third-order valence-electron chi connectivity index (χ3n) is 5.20. The van der Waals surface area contributed by atoms with E-state index in [0.717, 1.165) is 37.1 Å². The molecule has 0 aliphatic carbocycles. The highest BCUT2D eigenvalue weighted by Gasteiger charge is 2.27. The molecule has 0 unspecified atom stereocenters. The van der Waals surface area contributed by atoms with E-state index >= 15 is 0 Å². The lowest BCUT2D eigenvalue weighted by Crippen LogP contribution is -2.30. The van der Waals surface area contributed by atoms with Gasteiger partial charge < -0.3 is 4.90 Å². The van der Waals surface area contributed by atoms with Crippen molar-refractivity contribution < 1.29 is 13.2 Å². The van der Waals surface area contributed by atoms with Crippen LogP contribution in [0.4, 0.5) is 5.69 Å². The van der Waals surface area contributed by atoms with Gasteiger partial charge in [0.2, 0.25) is 0 Å². The third kappa shape index (κ3) is 6.20. The summed E-state index contributed by atoms with van der Waals surface area (Å²) in [5.41, 5.74) is 3.45. The molecular formula is C22H33NO3S. The zero-order chi connectivity index (χ0) is 20.1. The summed E-state index contributed by atoms with van der Waals surface area (Å²) in [6, 6.07) is 6.32. The molecule has 5 heteroatoms. The predicted molar refractivity (Wildman–Crippen MR) is 113 cm³/mol. The molecule has 1 aliphatic rings. The fourth-order valence-electron chi connectivity index (χ4n) is 3.16. The summed E-state index contributed by atoms with van der Waals surface area (Å²) in [6.07, 6.45) is 7.48. The van der Waals surface area contributed by atoms with E-state index in [1.807, 2.05) is 0 Å². The molecule has 1 heterocycles. The summed E-state index contributed by atoms with van der Waals surface area (Å²) in [5, 5.41) is 0. The van der Waals surface area contributed by atoms with Crippen LogP contribution >= 0.6 is 0 Å². The van der Waals surface area contributed by atoms with E-state index in [0.29, 0.717) is 19.3 Å². The molecule has 0 atom stereocenters. The molecule has 0 saturated carbocycles. The molecule has 0 amide bonds. The number of rotatable bonds is 9. The van der Waals surface area contributed by atoms with Gasteiger partial charge in [0, 0.05) is 31.6 Å². The fourth-order valence-corrected chi connectivity index (χ4v) is 4.36. The minimum Gasteiger partial charge on any atom is -0.364 e. The number of sulfone groups is 1. The first-order chi connectivity index (χ1) is 12.6. The molecule has 1 aromatic rings. The van der Waals surface area contributed by atoms with Crippen molar-refractivity contribution in [3.8, 4) is 0 Å². The number of unbranched alkanes of at least 4 members (excludes halogenated alkanes) is 2. The summed E-state index contributed by atoms with van der Waals surface area (Å²) in [6.45, 7) is 9.16. The largest absolute Gasteiger partial charge is 0.364 e. The van der Waals surface area contributed by atoms with Crippen LogP contribution in [0, 0.1) is 6.92 Å². The summed E-state index contributed by atoms with van der Waals surface area (Å²) >= 11 is 0. The van der Waals surface area contributed by atoms with Crippen molar-refractivity contribution in [2.24, 2.45) is 0 Å². The Hall–Kier alpha value is -1.62. The topological polar surface area (TPSA) is 54.5 Å². The van der Waals surface area contributed by atoms with Crippen molar-refractivity contribution in [1.82, 2.24) is 0 Å². The number of aryl methyl sites for hydroxylation is 1. The van der Waals surface area contributed by atoms with E-state index < -0.39 is 14.6 Å². The molecule has 0 N–H and O–H groups in total. The smallest absolute Gasteiger partial charge is 0.155 e. The van der Waals surface area contributed by atoms with Gasteiger partial charge in [-0.1, -0.05) is 24.6 Å². The molecule has 27 heavy (non-hydrogen) atoms. The number of carbonyl (C=O) groups is 1. The van der Waals surface area contributed by atoms with Gasteiger partial charge in [0.25, 0.3) is 0 Å². The molecule has 150 valence electrons. The molecule has 0 saturated heterocycles. The Labute approximate surface area is 164 Å². The van der Waals surface area contributed by atoms with Crippen LogP contribution in [0.1, 0.15) is 57.6 Å². The number of Topliss-reactive ketones (excluding diaryl/α,β-unsaturated/α-hetero) is 1. The van der Waals surface area contributed by atoms with E-state index in [2.05, 4.69) is 42.2 Å². The Kier molecular flexibility index (Phi) is 7.26. The molecule has 0 bridgehead atoms. The summed E-state index contributed by atoms with van der Waals surface area (Å²) in [7, 11) is -3.06. The number of carbonyl (C=O) groups excluding carboxylic acids is 1. The highest BCUT2D eigenvalue weighted by Crippen LogP contribution is 2.22. The van der Waals surface area contributed by atoms with Gasteiger partial charge in [-0.15, -0.1) is 0 Å². The SMILES string of the molecule is Cc1cc(N2CC=CC2)ccc1CC(=O)CCCCCS(=O)(=O)C(C)(C)C. The number of benzene rings is 1. The molecule has 0 aromatic heterocycles. The monoisotopic (exact) mass is 391 g/mol. The van der Waals surface area contributed by atoms with Crippen LogP contribution in [0.5, 0.6) is 0 Å². The zero-order valence-corrected chi connectivity index (χ0v) is 17.9. The van der Waals surface area contributed by atoms with Crippen molar-refractivity contribution in [2.45, 2.75) is 64.5 Å². The molecule has 4 nitrogen and oxygen atoms in total. The number of nitrogens with zero attached hydrogens (tertiary/aromatic N) is 1. The first-order valence-electron chi connectivity index (χ1n) is 9.83. The average Bonchev–Trinajstić information content (AvgIpc) is 3.09. The van der Waals surface area contributed by atoms with Crippen molar-refractivity contribution in [3.63, 3.8) is 0 Å². The van der Waals surface area contributed by atoms with Gasteiger partial charge in [-0.25, -0.2) is 8.42 Å². The van der Waals surface area contributed by atoms with Crippen LogP contribution in [0.15, 0.2) is 30.4 Å². The molecule has 0 radical (unpaired) electrons. The van der Waals surface area contributed by atoms with E-state index in [4.69, 9.17) is 0 Å². The minimum atomic E-state index is -3.06. The second-order valence-corrected chi connectivity index (χ2v) is 11.3. The molecule has 1 aliphatic heterocycles. The first kappa shape index (κ1) is 21.7. The maximum absolute atomic E-state index is 12.3. The van der Waals surface area contributed by atoms with Crippen LogP contribution in [0.25, 0.3) is 0 Å². The Morgan fingerprint density at radius 3 is 2.33 bits per heavy atom. The molecular weight excluding hydrogens is 358 g/mol. The summed E-state index contributed by atoms with van der Waals surface area (Å²) < 4.78 is 23.5. The van der Waals surface area contributed by atoms with E-state index in [1.165, 1.54) is 5.69 Å². The highest BCUT2D eigenvalue weighted by atomic mass is 32.2. The molecule has 2 rings (SSSR count). The lowest BCUT2D eigenvalue weighted by Gasteiger charge is -2.19. The van der Waals surface area contributed by atoms with E-state index in [9.17, 15) is 13.2 Å². The van der Waals surface area contributed by atoms with Gasteiger partial charge in [-0.2, -0.15) is 0 Å². The third-order valence-corrected chi connectivity index (χ3v) is 7.89. The Morgan fingerprint density at radius 2 is 1.74 bits per heavy atom. The molecule has 0 spiro atoms. The van der Waals surface area contributed by atoms with E-state index in [-0.39, 0.29) is 11.5 Å². The van der Waals surface area contributed by atoms with Gasteiger partial charge in [0.1, 0.15) is 5.78 Å².